The lowest BCUT2D eigenvalue weighted by atomic mass is 9.87. The molecule has 2 N–H and O–H groups in total. The number of benzene rings is 1. The van der Waals surface area contributed by atoms with Crippen molar-refractivity contribution in [1.29, 1.82) is 0 Å². The highest BCUT2D eigenvalue weighted by Gasteiger charge is 2.19. The third kappa shape index (κ3) is 4.97. The second-order valence-electron chi connectivity index (χ2n) is 5.34. The van der Waals surface area contributed by atoms with Gasteiger partial charge >= 0.3 is 0 Å². The fourth-order valence-corrected chi connectivity index (χ4v) is 2.39. The van der Waals surface area contributed by atoms with Crippen LogP contribution in [0.15, 0.2) is 18.2 Å². The molecule has 0 aliphatic heterocycles. The topological polar surface area (TPSA) is 58.6 Å². The van der Waals surface area contributed by atoms with Crippen molar-refractivity contribution in [1.82, 2.24) is 5.32 Å². The van der Waals surface area contributed by atoms with E-state index in [1.807, 2.05) is 0 Å². The largest absolute Gasteiger partial charge is 0.481 e. The number of aliphatic hydroxyl groups is 1. The molecule has 0 bridgehead atoms. The summed E-state index contributed by atoms with van der Waals surface area (Å²) in [6.45, 7) is 0.221. The second-order valence-corrected chi connectivity index (χ2v) is 5.34. The molecule has 0 heterocycles. The number of hydrogen-bond acceptors (Lipinski definition) is 3. The summed E-state index contributed by atoms with van der Waals surface area (Å²) in [7, 11) is 0. The van der Waals surface area contributed by atoms with Gasteiger partial charge in [-0.15, -0.1) is 0 Å². The number of carbonyl (C=O) groups is 1. The zero-order chi connectivity index (χ0) is 15.2. The molecule has 6 heteroatoms. The van der Waals surface area contributed by atoms with Crippen LogP contribution in [0.2, 0.25) is 0 Å². The zero-order valence-electron chi connectivity index (χ0n) is 11.6. The maximum atomic E-state index is 13.3. The number of amides is 1. The number of rotatable bonds is 5. The first kappa shape index (κ1) is 15.7. The minimum absolute atomic E-state index is 0.146. The van der Waals surface area contributed by atoms with Crippen molar-refractivity contribution in [2.75, 3.05) is 13.2 Å². The molecular formula is C15H19F2NO3. The number of halogens is 2. The van der Waals surface area contributed by atoms with E-state index in [0.29, 0.717) is 18.5 Å². The van der Waals surface area contributed by atoms with Crippen LogP contribution in [0.25, 0.3) is 0 Å². The first-order valence-corrected chi connectivity index (χ1v) is 7.07. The Kier molecular flexibility index (Phi) is 5.50. The van der Waals surface area contributed by atoms with Gasteiger partial charge in [-0.25, -0.2) is 8.78 Å². The number of aliphatic hydroxyl groups excluding tert-OH is 1. The summed E-state index contributed by atoms with van der Waals surface area (Å²) >= 11 is 0. The van der Waals surface area contributed by atoms with Gasteiger partial charge in [0.2, 0.25) is 0 Å². The lowest BCUT2D eigenvalue weighted by Crippen LogP contribution is -2.35. The summed E-state index contributed by atoms with van der Waals surface area (Å²) in [5, 5.41) is 12.1. The summed E-state index contributed by atoms with van der Waals surface area (Å²) in [6, 6.07) is 2.94. The molecule has 1 fully saturated rings. The van der Waals surface area contributed by atoms with E-state index >= 15 is 0 Å². The molecule has 0 radical (unpaired) electrons. The third-order valence-electron chi connectivity index (χ3n) is 3.66. The molecule has 1 amide bonds. The van der Waals surface area contributed by atoms with Gasteiger partial charge in [0.25, 0.3) is 5.91 Å². The maximum Gasteiger partial charge on any atom is 0.257 e. The molecule has 21 heavy (non-hydrogen) atoms. The Morgan fingerprint density at radius 2 is 2.00 bits per heavy atom. The summed E-state index contributed by atoms with van der Waals surface area (Å²) in [6.07, 6.45) is 3.07. The summed E-state index contributed by atoms with van der Waals surface area (Å²) in [4.78, 5) is 11.6. The van der Waals surface area contributed by atoms with Gasteiger partial charge in [0, 0.05) is 12.6 Å². The Hall–Kier alpha value is -1.69. The normalized spacial score (nSPS) is 21.9. The maximum absolute atomic E-state index is 13.3. The van der Waals surface area contributed by atoms with Crippen LogP contribution in [0.1, 0.15) is 25.7 Å². The predicted molar refractivity (Wildman–Crippen MR) is 72.8 cm³/mol. The van der Waals surface area contributed by atoms with E-state index < -0.39 is 11.6 Å². The van der Waals surface area contributed by atoms with E-state index in [2.05, 4.69) is 5.32 Å². The van der Waals surface area contributed by atoms with Gasteiger partial charge in [0.15, 0.2) is 18.2 Å². The average Bonchev–Trinajstić information content (AvgIpc) is 2.46. The van der Waals surface area contributed by atoms with Crippen LogP contribution in [0.5, 0.6) is 5.75 Å². The van der Waals surface area contributed by atoms with E-state index in [1.165, 1.54) is 0 Å². The van der Waals surface area contributed by atoms with Gasteiger partial charge in [-0.1, -0.05) is 0 Å². The summed E-state index contributed by atoms with van der Waals surface area (Å²) in [5.41, 5.74) is 0. The van der Waals surface area contributed by atoms with Gasteiger partial charge in [-0.3, -0.25) is 4.79 Å². The van der Waals surface area contributed by atoms with E-state index in [4.69, 9.17) is 4.74 Å². The molecule has 1 aromatic carbocycles. The smallest absolute Gasteiger partial charge is 0.257 e. The molecule has 1 aromatic rings. The molecule has 0 atom stereocenters. The quantitative estimate of drug-likeness (QED) is 0.874. The van der Waals surface area contributed by atoms with Crippen LogP contribution in [-0.4, -0.2) is 30.3 Å². The van der Waals surface area contributed by atoms with Gasteiger partial charge < -0.3 is 15.2 Å². The molecule has 1 saturated carbocycles. The first-order chi connectivity index (χ1) is 10.0. The van der Waals surface area contributed by atoms with Crippen molar-refractivity contribution in [2.24, 2.45) is 5.92 Å². The van der Waals surface area contributed by atoms with Crippen LogP contribution in [0.3, 0.4) is 0 Å². The number of nitrogens with one attached hydrogen (secondary N) is 1. The van der Waals surface area contributed by atoms with Crippen LogP contribution in [0, 0.1) is 17.6 Å². The highest BCUT2D eigenvalue weighted by molar-refractivity contribution is 5.77. The van der Waals surface area contributed by atoms with E-state index in [0.717, 1.165) is 37.8 Å². The van der Waals surface area contributed by atoms with Crippen molar-refractivity contribution in [3.63, 3.8) is 0 Å². The Morgan fingerprint density at radius 1 is 1.29 bits per heavy atom. The highest BCUT2D eigenvalue weighted by atomic mass is 19.1. The Morgan fingerprint density at radius 3 is 2.67 bits per heavy atom. The van der Waals surface area contributed by atoms with Crippen molar-refractivity contribution < 1.29 is 23.4 Å². The monoisotopic (exact) mass is 299 g/mol. The van der Waals surface area contributed by atoms with E-state index in [9.17, 15) is 18.7 Å². The van der Waals surface area contributed by atoms with Crippen LogP contribution < -0.4 is 10.1 Å². The van der Waals surface area contributed by atoms with E-state index in [-0.39, 0.29) is 24.4 Å². The van der Waals surface area contributed by atoms with Gasteiger partial charge in [0.05, 0.1) is 6.10 Å². The van der Waals surface area contributed by atoms with Crippen molar-refractivity contribution in [2.45, 2.75) is 31.8 Å². The predicted octanol–water partition coefficient (Wildman–Crippen LogP) is 2.01. The Labute approximate surface area is 122 Å². The zero-order valence-corrected chi connectivity index (χ0v) is 11.6. The molecule has 1 aliphatic carbocycles. The van der Waals surface area contributed by atoms with Gasteiger partial charge in [-0.2, -0.15) is 0 Å². The number of carbonyl (C=O) groups excluding carboxylic acids is 1. The molecule has 0 unspecified atom stereocenters. The molecule has 4 nitrogen and oxygen atoms in total. The molecule has 0 aromatic heterocycles. The second kappa shape index (κ2) is 7.36. The van der Waals surface area contributed by atoms with Crippen molar-refractivity contribution in [3.8, 4) is 5.75 Å². The minimum Gasteiger partial charge on any atom is -0.481 e. The lowest BCUT2D eigenvalue weighted by Gasteiger charge is -2.25. The SMILES string of the molecule is O=C(COc1ccc(F)cc1F)NCC1CCC(O)CC1. The lowest BCUT2D eigenvalue weighted by molar-refractivity contribution is -0.123. The Balaban J connectivity index is 1.70. The van der Waals surface area contributed by atoms with E-state index in [1.54, 1.807) is 0 Å². The third-order valence-corrected chi connectivity index (χ3v) is 3.66. The fraction of sp³-hybridized carbons (Fsp3) is 0.533. The average molecular weight is 299 g/mol. The van der Waals surface area contributed by atoms with Crippen molar-refractivity contribution >= 4 is 5.91 Å². The van der Waals surface area contributed by atoms with Crippen LogP contribution in [-0.2, 0) is 4.79 Å². The standard InChI is InChI=1S/C15H19F2NO3/c16-11-3-6-14(13(17)7-11)21-9-15(20)18-8-10-1-4-12(19)5-2-10/h3,6-7,10,12,19H,1-2,4-5,8-9H2,(H,18,20). The summed E-state index contributed by atoms with van der Waals surface area (Å²) < 4.78 is 31.0. The molecule has 0 saturated heterocycles. The fourth-order valence-electron chi connectivity index (χ4n) is 2.39. The highest BCUT2D eigenvalue weighted by Crippen LogP contribution is 2.23. The Bertz CT molecular complexity index is 488. The number of ether oxygens (including phenoxy) is 1. The minimum atomic E-state index is -0.830. The molecule has 0 spiro atoms. The first-order valence-electron chi connectivity index (χ1n) is 7.07. The van der Waals surface area contributed by atoms with Crippen LogP contribution in [0.4, 0.5) is 8.78 Å². The van der Waals surface area contributed by atoms with Gasteiger partial charge in [0.1, 0.15) is 5.82 Å². The molecular weight excluding hydrogens is 280 g/mol. The molecule has 116 valence electrons. The van der Waals surface area contributed by atoms with Gasteiger partial charge in [-0.05, 0) is 43.7 Å². The molecule has 1 aliphatic rings. The molecule has 2 rings (SSSR count). The number of hydrogen-bond donors (Lipinski definition) is 2. The van der Waals surface area contributed by atoms with Crippen molar-refractivity contribution in [3.05, 3.63) is 29.8 Å². The van der Waals surface area contributed by atoms with Crippen LogP contribution >= 0.6 is 0 Å². The summed E-state index contributed by atoms with van der Waals surface area (Å²) in [5.74, 6) is -1.65.